The summed E-state index contributed by atoms with van der Waals surface area (Å²) in [6.45, 7) is 5.43. The van der Waals surface area contributed by atoms with E-state index in [9.17, 15) is 49.9 Å². The van der Waals surface area contributed by atoms with Crippen molar-refractivity contribution >= 4 is 23.9 Å². The third-order valence-electron chi connectivity index (χ3n) is 9.80. The topological polar surface area (TPSA) is 122 Å². The molecule has 52 heavy (non-hydrogen) atoms. The minimum atomic E-state index is -5.01. The molecule has 10 nitrogen and oxygen atoms in total. The van der Waals surface area contributed by atoms with E-state index < -0.39 is 59.4 Å². The van der Waals surface area contributed by atoms with Crippen LogP contribution in [0, 0.1) is 12.7 Å². The number of carboxylic acid groups (broad SMARTS) is 2. The van der Waals surface area contributed by atoms with Gasteiger partial charge in [-0.15, -0.1) is 0 Å². The van der Waals surface area contributed by atoms with Gasteiger partial charge in [-0.2, -0.15) is 26.3 Å². The quantitative estimate of drug-likeness (QED) is 0.256. The minimum absolute atomic E-state index is 0.0619. The molecular weight excluding hydrogens is 705 g/mol. The Morgan fingerprint density at radius 3 is 2.02 bits per heavy atom. The number of piperazine rings is 1. The highest BCUT2D eigenvalue weighted by Crippen LogP contribution is 2.40. The Labute approximate surface area is 295 Å². The molecule has 3 aliphatic rings. The minimum Gasteiger partial charge on any atom is -0.478 e. The molecule has 3 saturated heterocycles. The molecule has 0 aliphatic carbocycles. The van der Waals surface area contributed by atoms with Crippen molar-refractivity contribution in [2.24, 2.45) is 0 Å². The number of carboxylic acids is 2. The SMILES string of the molecule is Cc1cc(F)ccc1[C@H]1C[C@@H](N2CCN3C(=O)CC[C@H]3C2)CCN1C(=O)N(C)[C@H](C)c1cc(C(F)(F)F)cc(C(F)(F)F)c1.O=C(O)/C=C/C(=O)O. The van der Waals surface area contributed by atoms with E-state index in [4.69, 9.17) is 10.2 Å². The van der Waals surface area contributed by atoms with E-state index in [1.165, 1.54) is 26.1 Å². The smallest absolute Gasteiger partial charge is 0.416 e. The van der Waals surface area contributed by atoms with Gasteiger partial charge in [-0.05, 0) is 80.1 Å². The van der Waals surface area contributed by atoms with Crippen LogP contribution in [0.2, 0.25) is 0 Å². The van der Waals surface area contributed by atoms with Crippen molar-refractivity contribution in [3.05, 3.63) is 82.2 Å². The van der Waals surface area contributed by atoms with Gasteiger partial charge in [0, 0.05) is 63.9 Å². The monoisotopic (exact) mass is 744 g/mol. The number of hydrogen-bond acceptors (Lipinski definition) is 5. The lowest BCUT2D eigenvalue weighted by Crippen LogP contribution is -2.57. The van der Waals surface area contributed by atoms with Crippen molar-refractivity contribution in [1.82, 2.24) is 19.6 Å². The van der Waals surface area contributed by atoms with Crippen LogP contribution in [-0.2, 0) is 26.7 Å². The standard InChI is InChI=1S/C31H35F7N4O2.C4H4O4/c1-18-12-23(32)4-6-26(18)27-16-24(40-10-11-41-25(17-40)5-7-28(41)43)8-9-42(27)29(44)39(3)19(2)20-13-21(30(33,34)35)15-22(14-20)31(36,37)38;5-3(6)1-2-4(7)8/h4,6,12-15,19,24-25,27H,5,7-11,16-17H2,1-3H3;1-2H,(H,5,6)(H,7,8)/b;2-1+/t19-,24+,25+,27-;/m1./s1. The molecule has 2 N–H and O–H groups in total. The van der Waals surface area contributed by atoms with Crippen molar-refractivity contribution in [3.8, 4) is 0 Å². The molecule has 0 spiro atoms. The predicted octanol–water partition coefficient (Wildman–Crippen LogP) is 6.51. The number of piperidine rings is 1. The van der Waals surface area contributed by atoms with Gasteiger partial charge < -0.3 is 24.9 Å². The molecule has 284 valence electrons. The van der Waals surface area contributed by atoms with Crippen LogP contribution >= 0.6 is 0 Å². The van der Waals surface area contributed by atoms with Gasteiger partial charge in [0.05, 0.1) is 23.2 Å². The Morgan fingerprint density at radius 2 is 1.48 bits per heavy atom. The summed E-state index contributed by atoms with van der Waals surface area (Å²) in [7, 11) is 1.36. The molecule has 0 aromatic heterocycles. The van der Waals surface area contributed by atoms with Crippen molar-refractivity contribution in [3.63, 3.8) is 0 Å². The van der Waals surface area contributed by atoms with E-state index in [0.29, 0.717) is 68.7 Å². The van der Waals surface area contributed by atoms with Crippen LogP contribution < -0.4 is 0 Å². The number of nitrogens with zero attached hydrogens (tertiary/aromatic N) is 4. The fourth-order valence-corrected chi connectivity index (χ4v) is 6.99. The highest BCUT2D eigenvalue weighted by molar-refractivity contribution is 5.89. The largest absolute Gasteiger partial charge is 0.478 e. The third-order valence-corrected chi connectivity index (χ3v) is 9.80. The normalized spacial score (nSPS) is 21.7. The molecular formula is C35H39F7N4O6. The number of aryl methyl sites for hydroxylation is 1. The highest BCUT2D eigenvalue weighted by atomic mass is 19.4. The number of alkyl halides is 6. The zero-order chi connectivity index (χ0) is 38.7. The van der Waals surface area contributed by atoms with E-state index in [2.05, 4.69) is 4.90 Å². The third kappa shape index (κ3) is 9.60. The summed E-state index contributed by atoms with van der Waals surface area (Å²) >= 11 is 0. The van der Waals surface area contributed by atoms with Gasteiger partial charge in [-0.3, -0.25) is 9.69 Å². The van der Waals surface area contributed by atoms with Crippen LogP contribution in [0.25, 0.3) is 0 Å². The summed E-state index contributed by atoms with van der Waals surface area (Å²) in [5.41, 5.74) is -1.84. The summed E-state index contributed by atoms with van der Waals surface area (Å²) in [4.78, 5) is 52.3. The lowest BCUT2D eigenvalue weighted by Gasteiger charge is -2.48. The zero-order valence-electron chi connectivity index (χ0n) is 28.5. The highest BCUT2D eigenvalue weighted by Gasteiger charge is 2.43. The van der Waals surface area contributed by atoms with Crippen molar-refractivity contribution in [2.45, 2.75) is 76.1 Å². The number of aliphatic carboxylic acids is 2. The lowest BCUT2D eigenvalue weighted by atomic mass is 9.88. The molecule has 0 unspecified atom stereocenters. The number of hydrogen-bond donors (Lipinski definition) is 2. The van der Waals surface area contributed by atoms with Gasteiger partial charge in [-0.1, -0.05) is 6.07 Å². The second-order valence-electron chi connectivity index (χ2n) is 13.1. The fraction of sp³-hybridized carbons (Fsp3) is 0.486. The van der Waals surface area contributed by atoms with Gasteiger partial charge in [0.1, 0.15) is 5.82 Å². The number of benzene rings is 2. The number of amides is 3. The molecule has 2 aromatic carbocycles. The summed E-state index contributed by atoms with van der Waals surface area (Å²) < 4.78 is 95.2. The van der Waals surface area contributed by atoms with E-state index in [-0.39, 0.29) is 36.2 Å². The summed E-state index contributed by atoms with van der Waals surface area (Å²) in [5, 5.41) is 15.6. The number of halogens is 7. The Kier molecular flexibility index (Phi) is 12.3. The summed E-state index contributed by atoms with van der Waals surface area (Å²) in [5.74, 6) is -2.79. The molecule has 17 heteroatoms. The predicted molar refractivity (Wildman–Crippen MR) is 172 cm³/mol. The van der Waals surface area contributed by atoms with E-state index in [0.717, 1.165) is 16.9 Å². The van der Waals surface area contributed by atoms with E-state index in [1.807, 2.05) is 4.90 Å². The van der Waals surface area contributed by atoms with Gasteiger partial charge in [0.2, 0.25) is 5.91 Å². The Balaban J connectivity index is 0.000000677. The molecule has 3 aliphatic heterocycles. The first-order valence-corrected chi connectivity index (χ1v) is 16.4. The molecule has 5 rings (SSSR count). The van der Waals surface area contributed by atoms with Crippen LogP contribution in [0.4, 0.5) is 35.5 Å². The number of carbonyl (C=O) groups excluding carboxylic acids is 2. The molecule has 0 bridgehead atoms. The first kappa shape index (κ1) is 40.1. The van der Waals surface area contributed by atoms with Crippen LogP contribution in [0.15, 0.2) is 48.6 Å². The average Bonchev–Trinajstić information content (AvgIpc) is 3.45. The molecule has 0 saturated carbocycles. The number of likely N-dealkylation sites (tertiary alicyclic amines) is 1. The summed E-state index contributed by atoms with van der Waals surface area (Å²) in [6, 6.07) is 3.68. The van der Waals surface area contributed by atoms with Crippen molar-refractivity contribution in [2.75, 3.05) is 33.2 Å². The van der Waals surface area contributed by atoms with Crippen LogP contribution in [0.3, 0.4) is 0 Å². The molecule has 3 fully saturated rings. The van der Waals surface area contributed by atoms with Gasteiger partial charge >= 0.3 is 30.3 Å². The maximum Gasteiger partial charge on any atom is 0.416 e. The van der Waals surface area contributed by atoms with Crippen LogP contribution in [0.1, 0.15) is 72.5 Å². The van der Waals surface area contributed by atoms with Crippen molar-refractivity contribution < 1.29 is 60.1 Å². The van der Waals surface area contributed by atoms with Gasteiger partial charge in [0.15, 0.2) is 0 Å². The Bertz CT molecular complexity index is 1650. The molecule has 3 amide bonds. The fourth-order valence-electron chi connectivity index (χ4n) is 6.99. The zero-order valence-corrected chi connectivity index (χ0v) is 28.5. The number of fused-ring (bicyclic) bond motifs is 1. The number of carbonyl (C=O) groups is 4. The molecule has 3 heterocycles. The second kappa shape index (κ2) is 15.9. The number of urea groups is 1. The Hall–Kier alpha value is -4.67. The second-order valence-corrected chi connectivity index (χ2v) is 13.1. The maximum absolute atomic E-state index is 14.1. The van der Waals surface area contributed by atoms with Gasteiger partial charge in [0.25, 0.3) is 0 Å². The molecule has 0 radical (unpaired) electrons. The van der Waals surface area contributed by atoms with E-state index >= 15 is 0 Å². The first-order chi connectivity index (χ1) is 24.2. The van der Waals surface area contributed by atoms with Crippen LogP contribution in [0.5, 0.6) is 0 Å². The summed E-state index contributed by atoms with van der Waals surface area (Å²) in [6.07, 6.45) is -6.49. The molecule has 2 aromatic rings. The molecule has 4 atom stereocenters. The van der Waals surface area contributed by atoms with E-state index in [1.54, 1.807) is 17.9 Å². The average molecular weight is 745 g/mol. The van der Waals surface area contributed by atoms with Crippen LogP contribution in [-0.4, -0.2) is 99.0 Å². The number of rotatable bonds is 6. The lowest BCUT2D eigenvalue weighted by molar-refractivity contribution is -0.143. The Morgan fingerprint density at radius 1 is 0.885 bits per heavy atom. The van der Waals surface area contributed by atoms with Gasteiger partial charge in [-0.25, -0.2) is 18.8 Å². The van der Waals surface area contributed by atoms with Crippen molar-refractivity contribution in [1.29, 1.82) is 0 Å². The maximum atomic E-state index is 14.1. The first-order valence-electron chi connectivity index (χ1n) is 16.4.